The van der Waals surface area contributed by atoms with E-state index in [-0.39, 0.29) is 6.42 Å². The highest BCUT2D eigenvalue weighted by atomic mass is 32.1. The molecule has 2 heterocycles. The fourth-order valence-electron chi connectivity index (χ4n) is 1.17. The molecule has 74 valence electrons. The fraction of sp³-hybridized carbons (Fsp3) is 0.375. The van der Waals surface area contributed by atoms with Crippen molar-refractivity contribution in [3.8, 4) is 0 Å². The van der Waals surface area contributed by atoms with Gasteiger partial charge in [0.25, 0.3) is 0 Å². The van der Waals surface area contributed by atoms with Gasteiger partial charge in [0, 0.05) is 0 Å². The molecule has 1 N–H and O–H groups in total. The maximum absolute atomic E-state index is 10.4. The van der Waals surface area contributed by atoms with Crippen LogP contribution in [-0.2, 0) is 17.6 Å². The zero-order chi connectivity index (χ0) is 10.1. The van der Waals surface area contributed by atoms with Crippen molar-refractivity contribution in [2.75, 3.05) is 0 Å². The third kappa shape index (κ3) is 1.60. The second kappa shape index (κ2) is 3.38. The number of carbonyl (C=O) groups is 1. The average Bonchev–Trinajstić information content (AvgIpc) is 2.59. The summed E-state index contributed by atoms with van der Waals surface area (Å²) < 4.78 is 1.64. The molecule has 0 aliphatic heterocycles. The van der Waals surface area contributed by atoms with Crippen molar-refractivity contribution in [3.63, 3.8) is 0 Å². The molecule has 0 saturated heterocycles. The number of imidazole rings is 1. The van der Waals surface area contributed by atoms with Gasteiger partial charge in [0.2, 0.25) is 4.96 Å². The van der Waals surface area contributed by atoms with Gasteiger partial charge < -0.3 is 5.11 Å². The minimum atomic E-state index is -0.869. The van der Waals surface area contributed by atoms with Gasteiger partial charge in [-0.15, -0.1) is 0 Å². The van der Waals surface area contributed by atoms with Gasteiger partial charge in [-0.3, -0.25) is 4.79 Å². The van der Waals surface area contributed by atoms with Gasteiger partial charge in [0.1, 0.15) is 5.01 Å². The SMILES string of the molecule is CCc1nn2cc(CC(=O)O)nc2s1. The molecule has 2 aromatic rings. The zero-order valence-electron chi connectivity index (χ0n) is 7.60. The molecule has 0 bridgehead atoms. The van der Waals surface area contributed by atoms with Gasteiger partial charge in [0.15, 0.2) is 0 Å². The van der Waals surface area contributed by atoms with Crippen LogP contribution in [0.2, 0.25) is 0 Å². The summed E-state index contributed by atoms with van der Waals surface area (Å²) in [5.41, 5.74) is 0.555. The van der Waals surface area contributed by atoms with Crippen molar-refractivity contribution in [2.24, 2.45) is 0 Å². The van der Waals surface area contributed by atoms with Crippen LogP contribution in [-0.4, -0.2) is 25.7 Å². The number of aryl methyl sites for hydroxylation is 1. The van der Waals surface area contributed by atoms with Gasteiger partial charge in [0.05, 0.1) is 18.3 Å². The summed E-state index contributed by atoms with van der Waals surface area (Å²) in [6.07, 6.45) is 2.50. The van der Waals surface area contributed by atoms with Crippen LogP contribution in [0.1, 0.15) is 17.6 Å². The van der Waals surface area contributed by atoms with Crippen molar-refractivity contribution in [3.05, 3.63) is 16.9 Å². The standard InChI is InChI=1S/C8H9N3O2S/c1-2-6-10-11-4-5(3-7(12)13)9-8(11)14-6/h4H,2-3H2,1H3,(H,12,13). The van der Waals surface area contributed by atoms with Gasteiger partial charge in [-0.2, -0.15) is 5.10 Å². The topological polar surface area (TPSA) is 67.5 Å². The number of carboxylic acid groups (broad SMARTS) is 1. The van der Waals surface area contributed by atoms with E-state index in [1.54, 1.807) is 10.7 Å². The van der Waals surface area contributed by atoms with Gasteiger partial charge >= 0.3 is 5.97 Å². The summed E-state index contributed by atoms with van der Waals surface area (Å²) in [7, 11) is 0. The van der Waals surface area contributed by atoms with E-state index in [9.17, 15) is 4.79 Å². The molecule has 0 radical (unpaired) electrons. The fourth-order valence-corrected chi connectivity index (χ4v) is 2.00. The Labute approximate surface area is 84.0 Å². The Kier molecular flexibility index (Phi) is 2.20. The monoisotopic (exact) mass is 211 g/mol. The largest absolute Gasteiger partial charge is 0.481 e. The number of nitrogens with zero attached hydrogens (tertiary/aromatic N) is 3. The molecular formula is C8H9N3O2S. The first kappa shape index (κ1) is 9.14. The summed E-state index contributed by atoms with van der Waals surface area (Å²) in [4.78, 5) is 15.3. The van der Waals surface area contributed by atoms with Crippen LogP contribution < -0.4 is 0 Å². The Morgan fingerprint density at radius 3 is 3.07 bits per heavy atom. The first-order valence-corrected chi connectivity index (χ1v) is 5.06. The lowest BCUT2D eigenvalue weighted by Crippen LogP contribution is -1.99. The summed E-state index contributed by atoms with van der Waals surface area (Å²) >= 11 is 1.49. The number of hydrogen-bond acceptors (Lipinski definition) is 4. The number of aromatic nitrogens is 3. The molecule has 0 amide bonds. The molecular weight excluding hydrogens is 202 g/mol. The molecule has 0 spiro atoms. The quantitative estimate of drug-likeness (QED) is 0.821. The molecule has 2 rings (SSSR count). The van der Waals surface area contributed by atoms with E-state index < -0.39 is 5.97 Å². The maximum atomic E-state index is 10.4. The first-order valence-electron chi connectivity index (χ1n) is 4.25. The van der Waals surface area contributed by atoms with E-state index in [1.165, 1.54) is 11.3 Å². The lowest BCUT2D eigenvalue weighted by molar-refractivity contribution is -0.136. The van der Waals surface area contributed by atoms with Crippen molar-refractivity contribution in [2.45, 2.75) is 19.8 Å². The second-order valence-electron chi connectivity index (χ2n) is 2.88. The first-order chi connectivity index (χ1) is 6.69. The summed E-state index contributed by atoms with van der Waals surface area (Å²) in [5, 5.41) is 13.8. The van der Waals surface area contributed by atoms with Gasteiger partial charge in [-0.05, 0) is 6.42 Å². The summed E-state index contributed by atoms with van der Waals surface area (Å²) in [6, 6.07) is 0. The zero-order valence-corrected chi connectivity index (χ0v) is 8.41. The Bertz CT molecular complexity index is 442. The molecule has 0 aliphatic rings. The van der Waals surface area contributed by atoms with Crippen molar-refractivity contribution >= 4 is 22.3 Å². The number of aliphatic carboxylic acids is 1. The lowest BCUT2D eigenvalue weighted by Gasteiger charge is -1.86. The summed E-state index contributed by atoms with van der Waals surface area (Å²) in [5.74, 6) is -0.869. The molecule has 6 heteroatoms. The van der Waals surface area contributed by atoms with Crippen LogP contribution in [0.5, 0.6) is 0 Å². The normalized spacial score (nSPS) is 10.9. The number of rotatable bonds is 3. The Morgan fingerprint density at radius 1 is 1.71 bits per heavy atom. The molecule has 0 atom stereocenters. The number of fused-ring (bicyclic) bond motifs is 1. The maximum Gasteiger partial charge on any atom is 0.309 e. The van der Waals surface area contributed by atoms with Crippen molar-refractivity contribution in [1.82, 2.24) is 14.6 Å². The smallest absolute Gasteiger partial charge is 0.309 e. The molecule has 5 nitrogen and oxygen atoms in total. The third-order valence-electron chi connectivity index (χ3n) is 1.77. The van der Waals surface area contributed by atoms with E-state index in [0.717, 1.165) is 16.4 Å². The van der Waals surface area contributed by atoms with Crippen LogP contribution in [0.4, 0.5) is 0 Å². The minimum Gasteiger partial charge on any atom is -0.481 e. The summed E-state index contributed by atoms with van der Waals surface area (Å²) in [6.45, 7) is 2.02. The molecule has 2 aromatic heterocycles. The number of hydrogen-bond donors (Lipinski definition) is 1. The van der Waals surface area contributed by atoms with Crippen LogP contribution in [0.15, 0.2) is 6.20 Å². The highest BCUT2D eigenvalue weighted by molar-refractivity contribution is 7.16. The van der Waals surface area contributed by atoms with Crippen molar-refractivity contribution in [1.29, 1.82) is 0 Å². The predicted molar refractivity (Wildman–Crippen MR) is 51.6 cm³/mol. The molecule has 0 fully saturated rings. The Hall–Kier alpha value is -1.43. The lowest BCUT2D eigenvalue weighted by atomic mass is 10.3. The number of carboxylic acids is 1. The Balaban J connectivity index is 2.34. The van der Waals surface area contributed by atoms with Crippen LogP contribution in [0, 0.1) is 0 Å². The minimum absolute atomic E-state index is 0.0441. The molecule has 14 heavy (non-hydrogen) atoms. The van der Waals surface area contributed by atoms with E-state index >= 15 is 0 Å². The molecule has 0 unspecified atom stereocenters. The molecule has 0 aromatic carbocycles. The highest BCUT2D eigenvalue weighted by Gasteiger charge is 2.09. The molecule has 0 aliphatic carbocycles. The van der Waals surface area contributed by atoms with Crippen LogP contribution in [0.3, 0.4) is 0 Å². The molecule has 0 saturated carbocycles. The van der Waals surface area contributed by atoms with E-state index in [1.807, 2.05) is 6.92 Å². The van der Waals surface area contributed by atoms with E-state index in [2.05, 4.69) is 10.1 Å². The van der Waals surface area contributed by atoms with Crippen LogP contribution >= 0.6 is 11.3 Å². The van der Waals surface area contributed by atoms with Crippen LogP contribution in [0.25, 0.3) is 4.96 Å². The second-order valence-corrected chi connectivity index (χ2v) is 3.92. The average molecular weight is 211 g/mol. The van der Waals surface area contributed by atoms with Gasteiger partial charge in [-0.1, -0.05) is 18.3 Å². The van der Waals surface area contributed by atoms with Crippen molar-refractivity contribution < 1.29 is 9.90 Å². The predicted octanol–water partition coefficient (Wildman–Crippen LogP) is 0.980. The highest BCUT2D eigenvalue weighted by Crippen LogP contribution is 2.15. The third-order valence-corrected chi connectivity index (χ3v) is 2.84. The van der Waals surface area contributed by atoms with Gasteiger partial charge in [-0.25, -0.2) is 9.50 Å². The Morgan fingerprint density at radius 2 is 2.50 bits per heavy atom. The van der Waals surface area contributed by atoms with E-state index in [0.29, 0.717) is 5.69 Å². The van der Waals surface area contributed by atoms with E-state index in [4.69, 9.17) is 5.11 Å².